The van der Waals surface area contributed by atoms with E-state index in [4.69, 9.17) is 5.73 Å². The second-order valence-electron chi connectivity index (χ2n) is 3.65. The van der Waals surface area contributed by atoms with Gasteiger partial charge in [0.1, 0.15) is 0 Å². The largest absolute Gasteiger partial charge is 0.330 e. The van der Waals surface area contributed by atoms with Gasteiger partial charge in [0.05, 0.1) is 0 Å². The average molecular weight is 329 g/mol. The minimum atomic E-state index is 0.677. The Morgan fingerprint density at radius 3 is 2.88 bits per heavy atom. The molecule has 0 radical (unpaired) electrons. The Kier molecular flexibility index (Phi) is 4.62. The summed E-state index contributed by atoms with van der Waals surface area (Å²) >= 11 is 6.96. The van der Waals surface area contributed by atoms with Crippen LogP contribution in [0.4, 0.5) is 0 Å². The molecule has 0 amide bonds. The fraction of sp³-hybridized carbons (Fsp3) is 0.250. The van der Waals surface area contributed by atoms with Gasteiger partial charge in [0, 0.05) is 20.4 Å². The third-order valence-corrected chi connectivity index (χ3v) is 5.03. The summed E-state index contributed by atoms with van der Waals surface area (Å²) in [6.07, 6.45) is 0.905. The second-order valence-corrected chi connectivity index (χ2v) is 6.68. The molecule has 0 aliphatic carbocycles. The molecule has 1 aromatic carbocycles. The number of aromatic nitrogens is 1. The first-order chi connectivity index (χ1) is 8.19. The number of hydrogen-bond donors (Lipinski definition) is 1. The van der Waals surface area contributed by atoms with Gasteiger partial charge in [-0.1, -0.05) is 33.8 Å². The van der Waals surface area contributed by atoms with Crippen molar-refractivity contribution in [2.45, 2.75) is 22.6 Å². The lowest BCUT2D eigenvalue weighted by atomic mass is 10.1. The lowest BCUT2D eigenvalue weighted by Crippen LogP contribution is -2.03. The highest BCUT2D eigenvalue weighted by molar-refractivity contribution is 9.10. The Morgan fingerprint density at radius 2 is 2.29 bits per heavy atom. The fourth-order valence-electron chi connectivity index (χ4n) is 1.43. The van der Waals surface area contributed by atoms with Gasteiger partial charge in [0.2, 0.25) is 0 Å². The van der Waals surface area contributed by atoms with Gasteiger partial charge in [-0.15, -0.1) is 11.3 Å². The molecule has 90 valence electrons. The van der Waals surface area contributed by atoms with Crippen molar-refractivity contribution in [3.63, 3.8) is 0 Å². The number of hydrogen-bond acceptors (Lipinski definition) is 4. The maximum Gasteiger partial charge on any atom is 0.154 e. The van der Waals surface area contributed by atoms with Gasteiger partial charge in [-0.2, -0.15) is 0 Å². The van der Waals surface area contributed by atoms with Gasteiger partial charge in [0.15, 0.2) is 4.34 Å². The first kappa shape index (κ1) is 13.1. The smallest absolute Gasteiger partial charge is 0.154 e. The molecule has 0 aliphatic heterocycles. The van der Waals surface area contributed by atoms with Gasteiger partial charge < -0.3 is 5.73 Å². The molecule has 1 heterocycles. The van der Waals surface area contributed by atoms with E-state index in [0.717, 1.165) is 20.9 Å². The second kappa shape index (κ2) is 6.00. The fourth-order valence-corrected chi connectivity index (χ4v) is 4.01. The Labute approximate surface area is 118 Å². The van der Waals surface area contributed by atoms with Crippen molar-refractivity contribution in [3.05, 3.63) is 39.3 Å². The van der Waals surface area contributed by atoms with Gasteiger partial charge >= 0.3 is 0 Å². The maximum atomic E-state index is 5.56. The number of benzene rings is 1. The molecular formula is C12H13BrN2S2. The minimum Gasteiger partial charge on any atom is -0.330 e. The summed E-state index contributed by atoms with van der Waals surface area (Å²) in [7, 11) is 0. The molecule has 2 aromatic rings. The van der Waals surface area contributed by atoms with Crippen LogP contribution in [-0.2, 0) is 6.42 Å². The predicted molar refractivity (Wildman–Crippen MR) is 77.9 cm³/mol. The number of rotatable bonds is 4. The van der Waals surface area contributed by atoms with Gasteiger partial charge in [-0.3, -0.25) is 0 Å². The third-order valence-electron chi connectivity index (χ3n) is 2.24. The van der Waals surface area contributed by atoms with Crippen molar-refractivity contribution in [1.82, 2.24) is 4.98 Å². The zero-order chi connectivity index (χ0) is 12.3. The number of aryl methyl sites for hydroxylation is 1. The number of thiazole rings is 1. The molecule has 0 atom stereocenters. The number of halogens is 1. The van der Waals surface area contributed by atoms with E-state index in [9.17, 15) is 0 Å². The van der Waals surface area contributed by atoms with E-state index in [1.807, 2.05) is 6.92 Å². The van der Waals surface area contributed by atoms with Crippen LogP contribution in [0.5, 0.6) is 0 Å². The van der Waals surface area contributed by atoms with Crippen LogP contribution in [0.15, 0.2) is 37.3 Å². The van der Waals surface area contributed by atoms with E-state index in [1.54, 1.807) is 23.1 Å². The lowest BCUT2D eigenvalue weighted by Gasteiger charge is -2.05. The van der Waals surface area contributed by atoms with Gasteiger partial charge in [0.25, 0.3) is 0 Å². The highest BCUT2D eigenvalue weighted by atomic mass is 79.9. The minimum absolute atomic E-state index is 0.677. The van der Waals surface area contributed by atoms with E-state index >= 15 is 0 Å². The topological polar surface area (TPSA) is 38.9 Å². The highest BCUT2D eigenvalue weighted by Gasteiger charge is 2.05. The molecule has 0 unspecified atom stereocenters. The normalized spacial score (nSPS) is 10.8. The summed E-state index contributed by atoms with van der Waals surface area (Å²) in [4.78, 5) is 5.64. The van der Waals surface area contributed by atoms with Crippen LogP contribution >= 0.6 is 39.0 Å². The monoisotopic (exact) mass is 328 g/mol. The molecule has 0 fully saturated rings. The van der Waals surface area contributed by atoms with E-state index in [0.29, 0.717) is 6.54 Å². The number of nitrogens with zero attached hydrogens (tertiary/aromatic N) is 1. The molecule has 0 aliphatic rings. The molecule has 1 aromatic heterocycles. The van der Waals surface area contributed by atoms with Crippen LogP contribution in [0, 0.1) is 6.92 Å². The quantitative estimate of drug-likeness (QED) is 0.925. The van der Waals surface area contributed by atoms with Crippen molar-refractivity contribution < 1.29 is 0 Å². The Balaban J connectivity index is 2.14. The van der Waals surface area contributed by atoms with Crippen LogP contribution in [0.1, 0.15) is 11.3 Å². The zero-order valence-corrected chi connectivity index (χ0v) is 12.7. The van der Waals surface area contributed by atoms with Crippen molar-refractivity contribution in [3.8, 4) is 0 Å². The standard InChI is InChI=1S/C12H13BrN2S2/c1-8-7-16-12(15-8)17-10-3-2-9(4-5-14)11(13)6-10/h2-3,6-7H,4-5,14H2,1H3. The van der Waals surface area contributed by atoms with E-state index in [1.165, 1.54) is 10.5 Å². The molecule has 5 heteroatoms. The summed E-state index contributed by atoms with van der Waals surface area (Å²) in [6, 6.07) is 6.38. The Bertz CT molecular complexity index is 511. The van der Waals surface area contributed by atoms with Crippen LogP contribution in [0.25, 0.3) is 0 Å². The SMILES string of the molecule is Cc1csc(Sc2ccc(CCN)c(Br)c2)n1. The van der Waals surface area contributed by atoms with Crippen molar-refractivity contribution in [2.24, 2.45) is 5.73 Å². The van der Waals surface area contributed by atoms with Crippen LogP contribution in [-0.4, -0.2) is 11.5 Å². The highest BCUT2D eigenvalue weighted by Crippen LogP contribution is 2.32. The summed E-state index contributed by atoms with van der Waals surface area (Å²) in [6.45, 7) is 2.69. The molecule has 0 spiro atoms. The van der Waals surface area contributed by atoms with Crippen molar-refractivity contribution >= 4 is 39.0 Å². The molecule has 0 saturated heterocycles. The Morgan fingerprint density at radius 1 is 1.47 bits per heavy atom. The summed E-state index contributed by atoms with van der Waals surface area (Å²) in [5.41, 5.74) is 7.90. The van der Waals surface area contributed by atoms with Crippen molar-refractivity contribution in [1.29, 1.82) is 0 Å². The van der Waals surface area contributed by atoms with Gasteiger partial charge in [-0.25, -0.2) is 4.98 Å². The first-order valence-corrected chi connectivity index (χ1v) is 7.76. The van der Waals surface area contributed by atoms with E-state index in [-0.39, 0.29) is 0 Å². The lowest BCUT2D eigenvalue weighted by molar-refractivity contribution is 0.960. The summed E-state index contributed by atoms with van der Waals surface area (Å²) < 4.78 is 2.21. The summed E-state index contributed by atoms with van der Waals surface area (Å²) in [5.74, 6) is 0. The number of nitrogens with two attached hydrogens (primary N) is 1. The van der Waals surface area contributed by atoms with E-state index < -0.39 is 0 Å². The van der Waals surface area contributed by atoms with Gasteiger partial charge in [-0.05, 0) is 37.6 Å². The molecule has 0 saturated carbocycles. The third kappa shape index (κ3) is 3.55. The average Bonchev–Trinajstić information content (AvgIpc) is 2.68. The van der Waals surface area contributed by atoms with Crippen molar-refractivity contribution in [2.75, 3.05) is 6.54 Å². The first-order valence-electron chi connectivity index (χ1n) is 5.27. The van der Waals surface area contributed by atoms with Crippen LogP contribution in [0.2, 0.25) is 0 Å². The van der Waals surface area contributed by atoms with Crippen LogP contribution in [0.3, 0.4) is 0 Å². The predicted octanol–water partition coefficient (Wildman–Crippen LogP) is 3.87. The molecular weight excluding hydrogens is 316 g/mol. The molecule has 17 heavy (non-hydrogen) atoms. The molecule has 2 rings (SSSR count). The van der Waals surface area contributed by atoms with Crippen LogP contribution < -0.4 is 5.73 Å². The maximum absolute atomic E-state index is 5.56. The zero-order valence-electron chi connectivity index (χ0n) is 9.44. The van der Waals surface area contributed by atoms with E-state index in [2.05, 4.69) is 44.5 Å². The Hall–Kier alpha value is -0.360. The summed E-state index contributed by atoms with van der Waals surface area (Å²) in [5, 5.41) is 2.07. The molecule has 2 nitrogen and oxygen atoms in total. The molecule has 0 bridgehead atoms. The molecule has 2 N–H and O–H groups in total.